The molecule has 3 rings (SSSR count). The van der Waals surface area contributed by atoms with Crippen LogP contribution >= 0.6 is 12.4 Å². The molecule has 0 radical (unpaired) electrons. The van der Waals surface area contributed by atoms with Crippen LogP contribution in [0, 0.1) is 11.3 Å². The molecule has 1 aliphatic carbocycles. The minimum atomic E-state index is 0. The first kappa shape index (κ1) is 16.1. The van der Waals surface area contributed by atoms with Gasteiger partial charge in [-0.3, -0.25) is 4.79 Å². The van der Waals surface area contributed by atoms with Crippen molar-refractivity contribution in [1.29, 1.82) is 0 Å². The first-order valence-electron chi connectivity index (χ1n) is 8.08. The van der Waals surface area contributed by atoms with E-state index >= 15 is 0 Å². The maximum absolute atomic E-state index is 12.3. The normalized spacial score (nSPS) is 38.3. The van der Waals surface area contributed by atoms with Crippen LogP contribution in [0.3, 0.4) is 0 Å². The second-order valence-corrected chi connectivity index (χ2v) is 7.68. The van der Waals surface area contributed by atoms with Gasteiger partial charge in [-0.05, 0) is 49.9 Å². The number of carbonyl (C=O) groups excluding carboxylic acids is 1. The summed E-state index contributed by atoms with van der Waals surface area (Å²) in [7, 11) is 0. The second kappa shape index (κ2) is 6.23. The Hall–Kier alpha value is -0.280. The van der Waals surface area contributed by atoms with Gasteiger partial charge in [0.1, 0.15) is 0 Å². The van der Waals surface area contributed by atoms with E-state index in [-0.39, 0.29) is 12.4 Å². The van der Waals surface area contributed by atoms with Gasteiger partial charge in [0.15, 0.2) is 0 Å². The molecule has 3 fully saturated rings. The highest BCUT2D eigenvalue weighted by Crippen LogP contribution is 2.37. The van der Waals surface area contributed by atoms with Gasteiger partial charge in [0.05, 0.1) is 0 Å². The number of rotatable bonds is 3. The molecule has 1 amide bonds. The topological polar surface area (TPSA) is 41.1 Å². The fourth-order valence-corrected chi connectivity index (χ4v) is 4.45. The minimum absolute atomic E-state index is 0. The Balaban J connectivity index is 0.00000147. The minimum Gasteiger partial charge on any atom is -0.353 e. The molecular formula is C16H29ClN2O. The van der Waals surface area contributed by atoms with Crippen molar-refractivity contribution < 1.29 is 4.79 Å². The van der Waals surface area contributed by atoms with Gasteiger partial charge in [-0.2, -0.15) is 0 Å². The molecule has 1 saturated carbocycles. The highest BCUT2D eigenvalue weighted by Gasteiger charge is 2.37. The molecule has 3 aliphatic rings. The van der Waals surface area contributed by atoms with Gasteiger partial charge in [-0.15, -0.1) is 12.4 Å². The SMILES string of the molecule is CC1(C)CCCC1NC(=O)CC1CC2CCC(C1)N2.Cl. The smallest absolute Gasteiger partial charge is 0.220 e. The molecular weight excluding hydrogens is 272 g/mol. The predicted molar refractivity (Wildman–Crippen MR) is 84.1 cm³/mol. The van der Waals surface area contributed by atoms with Crippen LogP contribution in [0.4, 0.5) is 0 Å². The number of hydrogen-bond acceptors (Lipinski definition) is 2. The average molecular weight is 301 g/mol. The number of carbonyl (C=O) groups is 1. The second-order valence-electron chi connectivity index (χ2n) is 7.68. The first-order chi connectivity index (χ1) is 9.03. The Bertz CT molecular complexity index is 346. The van der Waals surface area contributed by atoms with Gasteiger partial charge in [0.2, 0.25) is 5.91 Å². The molecule has 3 atom stereocenters. The lowest BCUT2D eigenvalue weighted by atomic mass is 9.86. The van der Waals surface area contributed by atoms with Gasteiger partial charge in [0, 0.05) is 24.5 Å². The summed E-state index contributed by atoms with van der Waals surface area (Å²) in [5, 5.41) is 6.96. The molecule has 2 aliphatic heterocycles. The number of amides is 1. The van der Waals surface area contributed by atoms with E-state index in [1.165, 1.54) is 38.5 Å². The van der Waals surface area contributed by atoms with E-state index in [2.05, 4.69) is 24.5 Å². The Morgan fingerprint density at radius 3 is 2.40 bits per heavy atom. The molecule has 2 heterocycles. The lowest BCUT2D eigenvalue weighted by Gasteiger charge is -2.31. The standard InChI is InChI=1S/C16H28N2O.ClH/c1-16(2)7-3-4-14(16)18-15(19)10-11-8-12-5-6-13(9-11)17-12;/h11-14,17H,3-10H2,1-2H3,(H,18,19);1H. The van der Waals surface area contributed by atoms with E-state index < -0.39 is 0 Å². The lowest BCUT2D eigenvalue weighted by Crippen LogP contribution is -2.44. The summed E-state index contributed by atoms with van der Waals surface area (Å²) >= 11 is 0. The zero-order valence-corrected chi connectivity index (χ0v) is 13.6. The van der Waals surface area contributed by atoms with E-state index in [0.29, 0.717) is 35.4 Å². The molecule has 116 valence electrons. The zero-order chi connectivity index (χ0) is 13.5. The Labute approximate surface area is 129 Å². The van der Waals surface area contributed by atoms with Crippen molar-refractivity contribution in [2.24, 2.45) is 11.3 Å². The van der Waals surface area contributed by atoms with Crippen LogP contribution < -0.4 is 10.6 Å². The first-order valence-corrected chi connectivity index (χ1v) is 8.08. The van der Waals surface area contributed by atoms with Gasteiger partial charge in [-0.1, -0.05) is 20.3 Å². The number of nitrogens with one attached hydrogen (secondary N) is 2. The van der Waals surface area contributed by atoms with Crippen LogP contribution in [-0.2, 0) is 4.79 Å². The van der Waals surface area contributed by atoms with Crippen molar-refractivity contribution in [1.82, 2.24) is 10.6 Å². The molecule has 2 saturated heterocycles. The molecule has 3 nitrogen and oxygen atoms in total. The van der Waals surface area contributed by atoms with Crippen LogP contribution in [0.1, 0.15) is 65.2 Å². The Morgan fingerprint density at radius 2 is 1.85 bits per heavy atom. The number of halogens is 1. The average Bonchev–Trinajstić information content (AvgIpc) is 2.82. The zero-order valence-electron chi connectivity index (χ0n) is 12.8. The van der Waals surface area contributed by atoms with E-state index in [1.54, 1.807) is 0 Å². The summed E-state index contributed by atoms with van der Waals surface area (Å²) in [6, 6.07) is 1.79. The molecule has 2 bridgehead atoms. The monoisotopic (exact) mass is 300 g/mol. The summed E-state index contributed by atoms with van der Waals surface area (Å²) in [6.07, 6.45) is 9.47. The van der Waals surface area contributed by atoms with Crippen molar-refractivity contribution in [3.05, 3.63) is 0 Å². The Morgan fingerprint density at radius 1 is 1.20 bits per heavy atom. The summed E-state index contributed by atoms with van der Waals surface area (Å²) in [6.45, 7) is 4.57. The van der Waals surface area contributed by atoms with E-state index in [0.717, 1.165) is 12.8 Å². The number of hydrogen-bond donors (Lipinski definition) is 2. The molecule has 20 heavy (non-hydrogen) atoms. The lowest BCUT2D eigenvalue weighted by molar-refractivity contribution is -0.123. The molecule has 2 N–H and O–H groups in total. The molecule has 3 unspecified atom stereocenters. The maximum atomic E-state index is 12.3. The van der Waals surface area contributed by atoms with Crippen LogP contribution in [-0.4, -0.2) is 24.0 Å². The summed E-state index contributed by atoms with van der Waals surface area (Å²) in [4.78, 5) is 12.3. The van der Waals surface area contributed by atoms with Gasteiger partial charge >= 0.3 is 0 Å². The van der Waals surface area contributed by atoms with Crippen LogP contribution in [0.25, 0.3) is 0 Å². The van der Waals surface area contributed by atoms with Crippen LogP contribution in [0.2, 0.25) is 0 Å². The van der Waals surface area contributed by atoms with Crippen molar-refractivity contribution in [3.8, 4) is 0 Å². The van der Waals surface area contributed by atoms with E-state index in [4.69, 9.17) is 0 Å². The quantitative estimate of drug-likeness (QED) is 0.841. The predicted octanol–water partition coefficient (Wildman–Crippen LogP) is 3.02. The molecule has 0 spiro atoms. The van der Waals surface area contributed by atoms with Gasteiger partial charge in [-0.25, -0.2) is 0 Å². The largest absolute Gasteiger partial charge is 0.353 e. The van der Waals surface area contributed by atoms with E-state index in [9.17, 15) is 4.79 Å². The fraction of sp³-hybridized carbons (Fsp3) is 0.938. The summed E-state index contributed by atoms with van der Waals surface area (Å²) in [5.74, 6) is 0.912. The van der Waals surface area contributed by atoms with Gasteiger partial charge < -0.3 is 10.6 Å². The van der Waals surface area contributed by atoms with E-state index in [1.807, 2.05) is 0 Å². The molecule has 0 aromatic heterocycles. The molecule has 0 aromatic rings. The maximum Gasteiger partial charge on any atom is 0.220 e. The summed E-state index contributed by atoms with van der Waals surface area (Å²) < 4.78 is 0. The third-order valence-corrected chi connectivity index (χ3v) is 5.64. The fourth-order valence-electron chi connectivity index (χ4n) is 4.45. The number of fused-ring (bicyclic) bond motifs is 2. The summed E-state index contributed by atoms with van der Waals surface area (Å²) in [5.41, 5.74) is 0.294. The van der Waals surface area contributed by atoms with Crippen molar-refractivity contribution in [2.75, 3.05) is 0 Å². The van der Waals surface area contributed by atoms with Crippen molar-refractivity contribution in [2.45, 2.75) is 83.3 Å². The van der Waals surface area contributed by atoms with Crippen molar-refractivity contribution >= 4 is 18.3 Å². The number of piperidine rings is 1. The third kappa shape index (κ3) is 3.48. The molecule has 0 aromatic carbocycles. The highest BCUT2D eigenvalue weighted by molar-refractivity contribution is 5.85. The highest BCUT2D eigenvalue weighted by atomic mass is 35.5. The van der Waals surface area contributed by atoms with Crippen molar-refractivity contribution in [3.63, 3.8) is 0 Å². The van der Waals surface area contributed by atoms with Crippen LogP contribution in [0.15, 0.2) is 0 Å². The molecule has 4 heteroatoms. The van der Waals surface area contributed by atoms with Gasteiger partial charge in [0.25, 0.3) is 0 Å². The van der Waals surface area contributed by atoms with Crippen LogP contribution in [0.5, 0.6) is 0 Å². The Kier molecular flexibility index (Phi) is 5.01. The third-order valence-electron chi connectivity index (χ3n) is 5.64.